The maximum absolute atomic E-state index is 12.1. The predicted octanol–water partition coefficient (Wildman–Crippen LogP) is 2.20. The molecular formula is C10H16BrNO3S2. The molecule has 0 aliphatic heterocycles. The second-order valence-electron chi connectivity index (χ2n) is 4.04. The SMILES string of the molecule is CC(C)C(CCO)NS(=O)(=O)c1sccc1Br. The Hall–Kier alpha value is 0.0500. The Kier molecular flexibility index (Phi) is 5.59. The first-order valence-corrected chi connectivity index (χ1v) is 8.40. The van der Waals surface area contributed by atoms with Crippen LogP contribution in [-0.4, -0.2) is 26.2 Å². The molecule has 0 radical (unpaired) electrons. The van der Waals surface area contributed by atoms with Crippen LogP contribution in [-0.2, 0) is 10.0 Å². The van der Waals surface area contributed by atoms with E-state index in [0.717, 1.165) is 0 Å². The third kappa shape index (κ3) is 4.03. The van der Waals surface area contributed by atoms with E-state index in [1.807, 2.05) is 13.8 Å². The van der Waals surface area contributed by atoms with Gasteiger partial charge in [0.05, 0.1) is 0 Å². The molecule has 1 rings (SSSR count). The van der Waals surface area contributed by atoms with E-state index in [2.05, 4.69) is 20.7 Å². The quantitative estimate of drug-likeness (QED) is 0.833. The van der Waals surface area contributed by atoms with E-state index >= 15 is 0 Å². The highest BCUT2D eigenvalue weighted by Gasteiger charge is 2.24. The van der Waals surface area contributed by atoms with Gasteiger partial charge in [-0.05, 0) is 39.7 Å². The van der Waals surface area contributed by atoms with Gasteiger partial charge in [-0.15, -0.1) is 11.3 Å². The summed E-state index contributed by atoms with van der Waals surface area (Å²) in [7, 11) is -3.50. The molecule has 4 nitrogen and oxygen atoms in total. The summed E-state index contributed by atoms with van der Waals surface area (Å²) < 4.78 is 27.7. The molecule has 1 aromatic rings. The van der Waals surface area contributed by atoms with Crippen molar-refractivity contribution in [3.05, 3.63) is 15.9 Å². The second kappa shape index (κ2) is 6.29. The van der Waals surface area contributed by atoms with Gasteiger partial charge >= 0.3 is 0 Å². The largest absolute Gasteiger partial charge is 0.396 e. The average molecular weight is 342 g/mol. The number of hydrogen-bond acceptors (Lipinski definition) is 4. The van der Waals surface area contributed by atoms with Gasteiger partial charge in [-0.25, -0.2) is 13.1 Å². The molecule has 2 N–H and O–H groups in total. The third-order valence-electron chi connectivity index (χ3n) is 2.38. The normalized spacial score (nSPS) is 14.2. The summed E-state index contributed by atoms with van der Waals surface area (Å²) in [5.74, 6) is 0.135. The molecule has 17 heavy (non-hydrogen) atoms. The number of thiophene rings is 1. The Labute approximate surface area is 114 Å². The molecule has 0 aromatic carbocycles. The molecule has 0 aliphatic carbocycles. The highest BCUT2D eigenvalue weighted by atomic mass is 79.9. The minimum Gasteiger partial charge on any atom is -0.396 e. The highest BCUT2D eigenvalue weighted by Crippen LogP contribution is 2.28. The van der Waals surface area contributed by atoms with Gasteiger partial charge < -0.3 is 5.11 Å². The molecule has 1 aromatic heterocycles. The predicted molar refractivity (Wildman–Crippen MR) is 72.7 cm³/mol. The maximum atomic E-state index is 12.1. The van der Waals surface area contributed by atoms with Gasteiger partial charge in [-0.1, -0.05) is 13.8 Å². The van der Waals surface area contributed by atoms with Crippen LogP contribution < -0.4 is 4.72 Å². The molecular weight excluding hydrogens is 326 g/mol. The lowest BCUT2D eigenvalue weighted by Gasteiger charge is -2.21. The minimum absolute atomic E-state index is 0.0308. The van der Waals surface area contributed by atoms with E-state index < -0.39 is 10.0 Å². The first kappa shape index (κ1) is 15.1. The van der Waals surface area contributed by atoms with Crippen LogP contribution in [0.15, 0.2) is 20.1 Å². The lowest BCUT2D eigenvalue weighted by Crippen LogP contribution is -2.38. The number of sulfonamides is 1. The van der Waals surface area contributed by atoms with E-state index in [-0.39, 0.29) is 22.8 Å². The van der Waals surface area contributed by atoms with E-state index in [4.69, 9.17) is 5.11 Å². The van der Waals surface area contributed by atoms with E-state index in [9.17, 15) is 8.42 Å². The molecule has 1 heterocycles. The lowest BCUT2D eigenvalue weighted by atomic mass is 10.0. The van der Waals surface area contributed by atoms with Crippen LogP contribution in [0.25, 0.3) is 0 Å². The molecule has 0 saturated heterocycles. The molecule has 0 spiro atoms. The van der Waals surface area contributed by atoms with Gasteiger partial charge in [0.25, 0.3) is 10.0 Å². The van der Waals surface area contributed by atoms with Crippen molar-refractivity contribution in [1.29, 1.82) is 0 Å². The number of halogens is 1. The van der Waals surface area contributed by atoms with Gasteiger partial charge in [0.15, 0.2) is 0 Å². The number of aliphatic hydroxyl groups excluding tert-OH is 1. The number of nitrogens with one attached hydrogen (secondary N) is 1. The van der Waals surface area contributed by atoms with Crippen LogP contribution >= 0.6 is 27.3 Å². The van der Waals surface area contributed by atoms with Crippen molar-refractivity contribution < 1.29 is 13.5 Å². The van der Waals surface area contributed by atoms with Gasteiger partial charge in [-0.2, -0.15) is 0 Å². The fourth-order valence-corrected chi connectivity index (χ4v) is 5.17. The molecule has 7 heteroatoms. The molecule has 1 atom stereocenters. The molecule has 0 amide bonds. The van der Waals surface area contributed by atoms with Crippen LogP contribution in [0.1, 0.15) is 20.3 Å². The zero-order chi connectivity index (χ0) is 13.1. The van der Waals surface area contributed by atoms with Crippen molar-refractivity contribution in [1.82, 2.24) is 4.72 Å². The fraction of sp³-hybridized carbons (Fsp3) is 0.600. The fourth-order valence-electron chi connectivity index (χ4n) is 1.39. The van der Waals surface area contributed by atoms with E-state index in [0.29, 0.717) is 10.9 Å². The zero-order valence-corrected chi connectivity index (χ0v) is 12.9. The van der Waals surface area contributed by atoms with Crippen LogP contribution in [0, 0.1) is 5.92 Å². The zero-order valence-electron chi connectivity index (χ0n) is 9.68. The van der Waals surface area contributed by atoms with Crippen LogP contribution in [0.3, 0.4) is 0 Å². The van der Waals surface area contributed by atoms with Gasteiger partial charge in [-0.3, -0.25) is 0 Å². The standard InChI is InChI=1S/C10H16BrNO3S2/c1-7(2)9(3-5-13)12-17(14,15)10-8(11)4-6-16-10/h4,6-7,9,12-13H,3,5H2,1-2H3. The monoisotopic (exact) mass is 341 g/mol. The molecule has 0 saturated carbocycles. The van der Waals surface area contributed by atoms with Crippen LogP contribution in [0.4, 0.5) is 0 Å². The smallest absolute Gasteiger partial charge is 0.251 e. The Bertz CT molecular complexity index is 456. The van der Waals surface area contributed by atoms with E-state index in [1.54, 1.807) is 11.4 Å². The van der Waals surface area contributed by atoms with Gasteiger partial charge in [0.1, 0.15) is 4.21 Å². The van der Waals surface area contributed by atoms with Crippen molar-refractivity contribution >= 4 is 37.3 Å². The van der Waals surface area contributed by atoms with Crippen molar-refractivity contribution in [2.45, 2.75) is 30.5 Å². The average Bonchev–Trinajstić information content (AvgIpc) is 2.64. The molecule has 98 valence electrons. The van der Waals surface area contributed by atoms with Gasteiger partial charge in [0.2, 0.25) is 0 Å². The number of aliphatic hydroxyl groups is 1. The number of hydrogen-bond donors (Lipinski definition) is 2. The molecule has 0 fully saturated rings. The first-order valence-electron chi connectivity index (χ1n) is 5.24. The summed E-state index contributed by atoms with van der Waals surface area (Å²) in [6.07, 6.45) is 0.417. The van der Waals surface area contributed by atoms with Crippen molar-refractivity contribution in [3.8, 4) is 0 Å². The van der Waals surface area contributed by atoms with Crippen molar-refractivity contribution in [3.63, 3.8) is 0 Å². The Morgan fingerprint density at radius 3 is 2.59 bits per heavy atom. The van der Waals surface area contributed by atoms with Crippen molar-refractivity contribution in [2.75, 3.05) is 6.61 Å². The minimum atomic E-state index is -3.50. The van der Waals surface area contributed by atoms with Gasteiger partial charge in [0, 0.05) is 17.1 Å². The summed E-state index contributed by atoms with van der Waals surface area (Å²) in [5.41, 5.74) is 0. The van der Waals surface area contributed by atoms with Crippen molar-refractivity contribution in [2.24, 2.45) is 5.92 Å². The third-order valence-corrected chi connectivity index (χ3v) is 6.54. The summed E-state index contributed by atoms with van der Waals surface area (Å²) in [6.45, 7) is 3.82. The molecule has 0 aliphatic rings. The highest BCUT2D eigenvalue weighted by molar-refractivity contribution is 9.10. The number of rotatable bonds is 6. The Morgan fingerprint density at radius 1 is 1.53 bits per heavy atom. The first-order chi connectivity index (χ1) is 7.88. The Morgan fingerprint density at radius 2 is 2.18 bits per heavy atom. The van der Waals surface area contributed by atoms with Crippen LogP contribution in [0.2, 0.25) is 0 Å². The lowest BCUT2D eigenvalue weighted by molar-refractivity contribution is 0.256. The summed E-state index contributed by atoms with van der Waals surface area (Å²) >= 11 is 4.38. The topological polar surface area (TPSA) is 66.4 Å². The summed E-state index contributed by atoms with van der Waals surface area (Å²) in [4.78, 5) is 0. The Balaban J connectivity index is 2.89. The maximum Gasteiger partial charge on any atom is 0.251 e. The molecule has 1 unspecified atom stereocenters. The van der Waals surface area contributed by atoms with Crippen LogP contribution in [0.5, 0.6) is 0 Å². The van der Waals surface area contributed by atoms with E-state index in [1.165, 1.54) is 11.3 Å². The summed E-state index contributed by atoms with van der Waals surface area (Å²) in [6, 6.07) is 1.45. The summed E-state index contributed by atoms with van der Waals surface area (Å²) in [5, 5.41) is 10.6. The second-order valence-corrected chi connectivity index (χ2v) is 7.72. The molecule has 0 bridgehead atoms.